The maximum absolute atomic E-state index is 12.2. The lowest BCUT2D eigenvalue weighted by Gasteiger charge is -2.15. The van der Waals surface area contributed by atoms with Crippen LogP contribution in [-0.2, 0) is 16.6 Å². The van der Waals surface area contributed by atoms with Gasteiger partial charge in [-0.2, -0.15) is 0 Å². The highest BCUT2D eigenvalue weighted by Gasteiger charge is 2.18. The van der Waals surface area contributed by atoms with Crippen LogP contribution >= 0.6 is 15.9 Å². The third-order valence-electron chi connectivity index (χ3n) is 2.30. The normalized spacial score (nSPS) is 12.4. The van der Waals surface area contributed by atoms with Crippen LogP contribution in [0.15, 0.2) is 27.6 Å². The molecule has 1 rings (SSSR count). The molecule has 2 N–H and O–H groups in total. The molecule has 0 amide bonds. The van der Waals surface area contributed by atoms with E-state index in [0.29, 0.717) is 17.1 Å². The fraction of sp³-hybridized carbons (Fsp3) is 0.500. The second-order valence-corrected chi connectivity index (χ2v) is 7.27. The zero-order chi connectivity index (χ0) is 14.6. The lowest BCUT2D eigenvalue weighted by atomic mass is 10.2. The molecule has 0 spiro atoms. The first-order valence-electron chi connectivity index (χ1n) is 5.94. The Morgan fingerprint density at radius 2 is 1.95 bits per heavy atom. The van der Waals surface area contributed by atoms with Gasteiger partial charge in [-0.15, -0.1) is 4.83 Å². The molecule has 0 aliphatic rings. The highest BCUT2D eigenvalue weighted by atomic mass is 79.9. The van der Waals surface area contributed by atoms with Crippen molar-refractivity contribution in [1.82, 2.24) is 15.2 Å². The zero-order valence-corrected chi connectivity index (χ0v) is 14.0. The van der Waals surface area contributed by atoms with Gasteiger partial charge in [-0.25, -0.2) is 13.4 Å². The van der Waals surface area contributed by atoms with E-state index in [4.69, 9.17) is 0 Å². The van der Waals surface area contributed by atoms with Crippen molar-refractivity contribution in [2.75, 3.05) is 14.1 Å². The van der Waals surface area contributed by atoms with Crippen LogP contribution in [0.4, 0.5) is 0 Å². The summed E-state index contributed by atoms with van der Waals surface area (Å²) in [6.45, 7) is 4.73. The van der Waals surface area contributed by atoms with E-state index in [1.54, 1.807) is 26.2 Å². The van der Waals surface area contributed by atoms with Crippen molar-refractivity contribution in [3.63, 3.8) is 0 Å². The Morgan fingerprint density at radius 1 is 1.32 bits per heavy atom. The maximum atomic E-state index is 12.2. The summed E-state index contributed by atoms with van der Waals surface area (Å²) in [5.74, 6) is 0. The standard InChI is InChI=1S/C12H20BrN3O2S/c1-9(2)14-8-10-5-6-11(13)12(7-10)19(17,18)15-16(3)4/h5-7,9,14-15H,8H2,1-4H3. The topological polar surface area (TPSA) is 61.4 Å². The number of nitrogens with zero attached hydrogens (tertiary/aromatic N) is 1. The Bertz CT molecular complexity index is 530. The molecule has 0 heterocycles. The average Bonchev–Trinajstić information content (AvgIpc) is 2.25. The summed E-state index contributed by atoms with van der Waals surface area (Å²) in [5.41, 5.74) is 0.927. The van der Waals surface area contributed by atoms with Crippen LogP contribution in [-0.4, -0.2) is 33.6 Å². The van der Waals surface area contributed by atoms with Crippen LogP contribution < -0.4 is 10.1 Å². The van der Waals surface area contributed by atoms with Crippen LogP contribution in [0.3, 0.4) is 0 Å². The summed E-state index contributed by atoms with van der Waals surface area (Å²) in [4.78, 5) is 2.66. The summed E-state index contributed by atoms with van der Waals surface area (Å²) in [7, 11) is -0.281. The van der Waals surface area contributed by atoms with Gasteiger partial charge in [0.25, 0.3) is 10.0 Å². The van der Waals surface area contributed by atoms with E-state index in [-0.39, 0.29) is 4.90 Å². The number of hydrogen-bond donors (Lipinski definition) is 2. The monoisotopic (exact) mass is 349 g/mol. The van der Waals surface area contributed by atoms with Crippen molar-refractivity contribution < 1.29 is 8.42 Å². The minimum atomic E-state index is -3.55. The molecule has 5 nitrogen and oxygen atoms in total. The predicted octanol–water partition coefficient (Wildman–Crippen LogP) is 1.70. The number of halogens is 1. The molecular weight excluding hydrogens is 330 g/mol. The second kappa shape index (κ2) is 6.81. The number of rotatable bonds is 6. The molecule has 1 aromatic rings. The summed E-state index contributed by atoms with van der Waals surface area (Å²) >= 11 is 3.28. The minimum Gasteiger partial charge on any atom is -0.310 e. The largest absolute Gasteiger partial charge is 0.310 e. The number of hydrazine groups is 1. The quantitative estimate of drug-likeness (QED) is 0.767. The van der Waals surface area contributed by atoms with Gasteiger partial charge in [0.2, 0.25) is 0 Å². The minimum absolute atomic E-state index is 0.240. The van der Waals surface area contributed by atoms with Crippen LogP contribution in [0.2, 0.25) is 0 Å². The third-order valence-corrected chi connectivity index (χ3v) is 4.78. The first kappa shape index (κ1) is 16.6. The van der Waals surface area contributed by atoms with E-state index in [9.17, 15) is 8.42 Å². The fourth-order valence-electron chi connectivity index (χ4n) is 1.48. The smallest absolute Gasteiger partial charge is 0.254 e. The van der Waals surface area contributed by atoms with E-state index < -0.39 is 10.0 Å². The van der Waals surface area contributed by atoms with Crippen LogP contribution in [0.1, 0.15) is 19.4 Å². The fourth-order valence-corrected chi connectivity index (χ4v) is 3.57. The molecule has 7 heteroatoms. The van der Waals surface area contributed by atoms with Gasteiger partial charge < -0.3 is 5.32 Å². The molecule has 108 valence electrons. The van der Waals surface area contributed by atoms with Crippen LogP contribution in [0, 0.1) is 0 Å². The Kier molecular flexibility index (Phi) is 5.94. The number of sulfonamides is 1. The Morgan fingerprint density at radius 3 is 2.47 bits per heavy atom. The van der Waals surface area contributed by atoms with Crippen molar-refractivity contribution in [1.29, 1.82) is 0 Å². The Hall–Kier alpha value is -0.470. The molecule has 0 fully saturated rings. The molecule has 0 aromatic heterocycles. The lowest BCUT2D eigenvalue weighted by Crippen LogP contribution is -2.36. The first-order chi connectivity index (χ1) is 8.72. The second-order valence-electron chi connectivity index (χ2n) is 4.79. The Balaban J connectivity index is 3.03. The molecular formula is C12H20BrN3O2S. The lowest BCUT2D eigenvalue weighted by molar-refractivity contribution is 0.364. The van der Waals surface area contributed by atoms with Crippen molar-refractivity contribution in [2.45, 2.75) is 31.3 Å². The van der Waals surface area contributed by atoms with Crippen molar-refractivity contribution in [3.05, 3.63) is 28.2 Å². The molecule has 0 unspecified atom stereocenters. The van der Waals surface area contributed by atoms with E-state index >= 15 is 0 Å². The molecule has 0 saturated carbocycles. The number of hydrogen-bond acceptors (Lipinski definition) is 4. The summed E-state index contributed by atoms with van der Waals surface area (Å²) in [5, 5.41) is 4.66. The first-order valence-corrected chi connectivity index (χ1v) is 8.21. The summed E-state index contributed by atoms with van der Waals surface area (Å²) in [6, 6.07) is 5.67. The van der Waals surface area contributed by atoms with Gasteiger partial charge in [0.05, 0.1) is 4.90 Å². The maximum Gasteiger partial charge on any atom is 0.254 e. The summed E-state index contributed by atoms with van der Waals surface area (Å²) in [6.07, 6.45) is 0. The van der Waals surface area contributed by atoms with Gasteiger partial charge in [-0.3, -0.25) is 0 Å². The SMILES string of the molecule is CC(C)NCc1ccc(Br)c(S(=O)(=O)NN(C)C)c1. The van der Waals surface area contributed by atoms with Gasteiger partial charge in [-0.1, -0.05) is 19.9 Å². The van der Waals surface area contributed by atoms with Crippen molar-refractivity contribution >= 4 is 26.0 Å². The molecule has 0 atom stereocenters. The average molecular weight is 350 g/mol. The van der Waals surface area contributed by atoms with Gasteiger partial charge in [0, 0.05) is 31.2 Å². The third kappa shape index (κ3) is 5.19. The van der Waals surface area contributed by atoms with Crippen molar-refractivity contribution in [3.8, 4) is 0 Å². The van der Waals surface area contributed by atoms with Crippen molar-refractivity contribution in [2.24, 2.45) is 0 Å². The number of nitrogens with one attached hydrogen (secondary N) is 2. The molecule has 0 aliphatic heterocycles. The predicted molar refractivity (Wildman–Crippen MR) is 80.1 cm³/mol. The molecule has 1 aromatic carbocycles. The highest BCUT2D eigenvalue weighted by Crippen LogP contribution is 2.23. The van der Waals surface area contributed by atoms with Crippen LogP contribution in [0.5, 0.6) is 0 Å². The highest BCUT2D eigenvalue weighted by molar-refractivity contribution is 9.10. The number of benzene rings is 1. The van der Waals surface area contributed by atoms with Gasteiger partial charge in [0.1, 0.15) is 0 Å². The molecule has 0 radical (unpaired) electrons. The van der Waals surface area contributed by atoms with E-state index in [2.05, 4.69) is 26.1 Å². The summed E-state index contributed by atoms with van der Waals surface area (Å²) < 4.78 is 24.9. The van der Waals surface area contributed by atoms with E-state index in [1.165, 1.54) is 5.01 Å². The van der Waals surface area contributed by atoms with Gasteiger partial charge >= 0.3 is 0 Å². The molecule has 0 aliphatic carbocycles. The zero-order valence-electron chi connectivity index (χ0n) is 11.6. The molecule has 0 saturated heterocycles. The Labute approximate surface area is 123 Å². The van der Waals surface area contributed by atoms with Gasteiger partial charge in [-0.05, 0) is 33.6 Å². The van der Waals surface area contributed by atoms with E-state index in [1.807, 2.05) is 19.9 Å². The van der Waals surface area contributed by atoms with E-state index in [0.717, 1.165) is 5.56 Å². The van der Waals surface area contributed by atoms with Gasteiger partial charge in [0.15, 0.2) is 0 Å². The van der Waals surface area contributed by atoms with Crippen LogP contribution in [0.25, 0.3) is 0 Å². The molecule has 19 heavy (non-hydrogen) atoms. The molecule has 0 bridgehead atoms.